The molecule has 4 heteroatoms. The van der Waals surface area contributed by atoms with E-state index in [0.717, 1.165) is 11.1 Å². The van der Waals surface area contributed by atoms with Gasteiger partial charge in [-0.2, -0.15) is 0 Å². The molecule has 1 rings (SSSR count). The Balaban J connectivity index is 2.83. The van der Waals surface area contributed by atoms with Crippen LogP contribution in [-0.4, -0.2) is 36.9 Å². The summed E-state index contributed by atoms with van der Waals surface area (Å²) in [5, 5.41) is 11.6. The van der Waals surface area contributed by atoms with Gasteiger partial charge in [0.2, 0.25) is 0 Å². The molecule has 1 aromatic carbocycles. The monoisotopic (exact) mass is 275 g/mol. The molecule has 0 bridgehead atoms. The van der Waals surface area contributed by atoms with E-state index in [1.54, 1.807) is 12.1 Å². The van der Waals surface area contributed by atoms with Gasteiger partial charge in [-0.1, -0.05) is 17.9 Å². The number of hydrogen-bond donors (Lipinski definition) is 2. The Morgan fingerprint density at radius 3 is 2.90 bits per heavy atom. The molecule has 1 aromatic rings. The first-order valence-corrected chi connectivity index (χ1v) is 6.68. The lowest BCUT2D eigenvalue weighted by molar-refractivity contribution is 0.0871. The molecule has 0 aliphatic carbocycles. The molecule has 0 spiro atoms. The number of carbonyl (C=O) groups is 1. The van der Waals surface area contributed by atoms with Gasteiger partial charge in [-0.3, -0.25) is 4.79 Å². The highest BCUT2D eigenvalue weighted by Crippen LogP contribution is 2.13. The van der Waals surface area contributed by atoms with Crippen LogP contribution in [0.1, 0.15) is 35.3 Å². The standard InChI is InChI=1S/C16H21NO3/c1-4-20-11-12(2)17-16(19)15-9-5-7-14(13(15)3)8-6-10-18/h5,7,9,12,18H,4,10-11H2,1-3H3,(H,17,19). The lowest BCUT2D eigenvalue weighted by atomic mass is 10.0. The van der Waals surface area contributed by atoms with E-state index in [2.05, 4.69) is 17.2 Å². The number of ether oxygens (including phenoxy) is 1. The minimum absolute atomic E-state index is 0.0472. The summed E-state index contributed by atoms with van der Waals surface area (Å²) in [5.74, 6) is 5.30. The molecule has 2 N–H and O–H groups in total. The van der Waals surface area contributed by atoms with Crippen LogP contribution in [-0.2, 0) is 4.74 Å². The predicted molar refractivity (Wildman–Crippen MR) is 78.6 cm³/mol. The third-order valence-electron chi connectivity index (χ3n) is 2.83. The minimum Gasteiger partial charge on any atom is -0.384 e. The van der Waals surface area contributed by atoms with Crippen LogP contribution in [0.5, 0.6) is 0 Å². The maximum atomic E-state index is 12.2. The second kappa shape index (κ2) is 8.36. The van der Waals surface area contributed by atoms with E-state index in [4.69, 9.17) is 9.84 Å². The lowest BCUT2D eigenvalue weighted by Gasteiger charge is -2.15. The van der Waals surface area contributed by atoms with Crippen LogP contribution >= 0.6 is 0 Å². The van der Waals surface area contributed by atoms with Gasteiger partial charge in [-0.25, -0.2) is 0 Å². The summed E-state index contributed by atoms with van der Waals surface area (Å²) >= 11 is 0. The molecule has 0 radical (unpaired) electrons. The Labute approximate surface area is 120 Å². The second-order valence-electron chi connectivity index (χ2n) is 4.47. The van der Waals surface area contributed by atoms with Crippen molar-refractivity contribution in [2.45, 2.75) is 26.8 Å². The molecule has 0 aliphatic rings. The topological polar surface area (TPSA) is 58.6 Å². The van der Waals surface area contributed by atoms with Gasteiger partial charge >= 0.3 is 0 Å². The zero-order valence-electron chi connectivity index (χ0n) is 12.2. The molecule has 20 heavy (non-hydrogen) atoms. The van der Waals surface area contributed by atoms with Crippen molar-refractivity contribution >= 4 is 5.91 Å². The summed E-state index contributed by atoms with van der Waals surface area (Å²) in [5.41, 5.74) is 2.16. The molecule has 0 aromatic heterocycles. The summed E-state index contributed by atoms with van der Waals surface area (Å²) < 4.78 is 5.27. The Morgan fingerprint density at radius 2 is 2.25 bits per heavy atom. The first-order chi connectivity index (χ1) is 9.60. The van der Waals surface area contributed by atoms with Crippen LogP contribution < -0.4 is 5.32 Å². The number of amides is 1. The summed E-state index contributed by atoms with van der Waals surface area (Å²) in [6.45, 7) is 6.60. The molecule has 0 heterocycles. The van der Waals surface area contributed by atoms with Crippen LogP contribution in [0.15, 0.2) is 18.2 Å². The SMILES string of the molecule is CCOCC(C)NC(=O)c1cccc(C#CCO)c1C. The molecule has 0 saturated heterocycles. The van der Waals surface area contributed by atoms with E-state index < -0.39 is 0 Å². The van der Waals surface area contributed by atoms with E-state index in [1.165, 1.54) is 0 Å². The van der Waals surface area contributed by atoms with Crippen LogP contribution in [0.3, 0.4) is 0 Å². The maximum Gasteiger partial charge on any atom is 0.251 e. The Bertz CT molecular complexity index is 514. The number of aliphatic hydroxyl groups excluding tert-OH is 1. The number of nitrogens with one attached hydrogen (secondary N) is 1. The molecule has 0 aliphatic heterocycles. The molecular formula is C16H21NO3. The van der Waals surface area contributed by atoms with Gasteiger partial charge < -0.3 is 15.2 Å². The fourth-order valence-corrected chi connectivity index (χ4v) is 1.79. The fourth-order valence-electron chi connectivity index (χ4n) is 1.79. The largest absolute Gasteiger partial charge is 0.384 e. The number of aliphatic hydroxyl groups is 1. The average molecular weight is 275 g/mol. The Morgan fingerprint density at radius 1 is 1.50 bits per heavy atom. The van der Waals surface area contributed by atoms with Crippen molar-refractivity contribution in [1.29, 1.82) is 0 Å². The first kappa shape index (κ1) is 16.2. The fraction of sp³-hybridized carbons (Fsp3) is 0.438. The molecule has 1 atom stereocenters. The van der Waals surface area contributed by atoms with Crippen molar-refractivity contribution in [3.8, 4) is 11.8 Å². The zero-order chi connectivity index (χ0) is 15.0. The van der Waals surface area contributed by atoms with Crippen molar-refractivity contribution in [2.75, 3.05) is 19.8 Å². The third-order valence-corrected chi connectivity index (χ3v) is 2.83. The Hall–Kier alpha value is -1.83. The lowest BCUT2D eigenvalue weighted by Crippen LogP contribution is -2.36. The summed E-state index contributed by atoms with van der Waals surface area (Å²) in [4.78, 5) is 12.2. The van der Waals surface area contributed by atoms with Crippen molar-refractivity contribution in [3.63, 3.8) is 0 Å². The van der Waals surface area contributed by atoms with Crippen LogP contribution in [0.4, 0.5) is 0 Å². The van der Waals surface area contributed by atoms with Gasteiger partial charge in [-0.05, 0) is 38.5 Å². The van der Waals surface area contributed by atoms with E-state index in [0.29, 0.717) is 18.8 Å². The third kappa shape index (κ3) is 4.69. The highest BCUT2D eigenvalue weighted by atomic mass is 16.5. The average Bonchev–Trinajstić information content (AvgIpc) is 2.43. The van der Waals surface area contributed by atoms with Gasteiger partial charge in [0.15, 0.2) is 0 Å². The van der Waals surface area contributed by atoms with Gasteiger partial charge in [0.05, 0.1) is 6.61 Å². The first-order valence-electron chi connectivity index (χ1n) is 6.68. The summed E-state index contributed by atoms with van der Waals surface area (Å²) in [7, 11) is 0. The number of carbonyl (C=O) groups excluding carboxylic acids is 1. The molecule has 1 unspecified atom stereocenters. The zero-order valence-corrected chi connectivity index (χ0v) is 12.2. The number of hydrogen-bond acceptors (Lipinski definition) is 3. The van der Waals surface area contributed by atoms with E-state index >= 15 is 0 Å². The molecule has 1 amide bonds. The predicted octanol–water partition coefficient (Wildman–Crippen LogP) is 1.49. The van der Waals surface area contributed by atoms with Crippen LogP contribution in [0.2, 0.25) is 0 Å². The van der Waals surface area contributed by atoms with Crippen LogP contribution in [0, 0.1) is 18.8 Å². The molecule has 108 valence electrons. The second-order valence-corrected chi connectivity index (χ2v) is 4.47. The van der Waals surface area contributed by atoms with E-state index in [1.807, 2.05) is 26.8 Å². The highest BCUT2D eigenvalue weighted by molar-refractivity contribution is 5.96. The van der Waals surface area contributed by atoms with Crippen molar-refractivity contribution < 1.29 is 14.6 Å². The van der Waals surface area contributed by atoms with E-state index in [-0.39, 0.29) is 18.6 Å². The van der Waals surface area contributed by atoms with Gasteiger partial charge in [0.1, 0.15) is 6.61 Å². The summed E-state index contributed by atoms with van der Waals surface area (Å²) in [6, 6.07) is 5.34. The Kier molecular flexibility index (Phi) is 6.78. The molecular weight excluding hydrogens is 254 g/mol. The highest BCUT2D eigenvalue weighted by Gasteiger charge is 2.13. The van der Waals surface area contributed by atoms with Crippen molar-refractivity contribution in [2.24, 2.45) is 0 Å². The molecule has 4 nitrogen and oxygen atoms in total. The normalized spacial score (nSPS) is 11.4. The summed E-state index contributed by atoms with van der Waals surface area (Å²) in [6.07, 6.45) is 0. The maximum absolute atomic E-state index is 12.2. The smallest absolute Gasteiger partial charge is 0.251 e. The van der Waals surface area contributed by atoms with Crippen molar-refractivity contribution in [3.05, 3.63) is 34.9 Å². The van der Waals surface area contributed by atoms with Gasteiger partial charge in [0.25, 0.3) is 5.91 Å². The molecule has 0 saturated carbocycles. The number of benzene rings is 1. The van der Waals surface area contributed by atoms with E-state index in [9.17, 15) is 4.79 Å². The van der Waals surface area contributed by atoms with Crippen LogP contribution in [0.25, 0.3) is 0 Å². The van der Waals surface area contributed by atoms with Gasteiger partial charge in [0, 0.05) is 23.8 Å². The molecule has 0 fully saturated rings. The van der Waals surface area contributed by atoms with Gasteiger partial charge in [-0.15, -0.1) is 0 Å². The number of rotatable bonds is 5. The minimum atomic E-state index is -0.193. The quantitative estimate of drug-likeness (QED) is 0.801. The van der Waals surface area contributed by atoms with Crippen molar-refractivity contribution in [1.82, 2.24) is 5.32 Å².